The summed E-state index contributed by atoms with van der Waals surface area (Å²) in [6, 6.07) is 6.16. The van der Waals surface area contributed by atoms with E-state index < -0.39 is 0 Å². The first-order valence-corrected chi connectivity index (χ1v) is 4.96. The lowest BCUT2D eigenvalue weighted by Crippen LogP contribution is -1.90. The number of hydrogen-bond donors (Lipinski definition) is 0. The summed E-state index contributed by atoms with van der Waals surface area (Å²) in [4.78, 5) is 1.40. The van der Waals surface area contributed by atoms with Gasteiger partial charge in [-0.1, -0.05) is 18.5 Å². The van der Waals surface area contributed by atoms with E-state index in [1.54, 1.807) is 0 Å². The fourth-order valence-corrected chi connectivity index (χ4v) is 2.72. The van der Waals surface area contributed by atoms with Crippen molar-refractivity contribution in [3.8, 4) is 0 Å². The predicted molar refractivity (Wildman–Crippen MR) is 50.5 cm³/mol. The molecule has 0 aliphatic carbocycles. The van der Waals surface area contributed by atoms with Crippen molar-refractivity contribution in [1.29, 1.82) is 0 Å². The molecule has 0 fully saturated rings. The molecular formula is C9H9ClS. The molecule has 2 rings (SSSR count). The van der Waals surface area contributed by atoms with E-state index in [1.807, 2.05) is 17.8 Å². The van der Waals surface area contributed by atoms with Crippen LogP contribution in [0.1, 0.15) is 12.5 Å². The normalized spacial score (nSPS) is 21.8. The van der Waals surface area contributed by atoms with Gasteiger partial charge in [-0.25, -0.2) is 0 Å². The Kier molecular flexibility index (Phi) is 1.86. The van der Waals surface area contributed by atoms with Crippen LogP contribution in [0.5, 0.6) is 0 Å². The second kappa shape index (κ2) is 2.72. The Labute approximate surface area is 75.9 Å². The molecule has 11 heavy (non-hydrogen) atoms. The quantitative estimate of drug-likeness (QED) is 0.596. The third-order valence-corrected chi connectivity index (χ3v) is 3.31. The molecule has 0 spiro atoms. The molecule has 1 atom stereocenters. The van der Waals surface area contributed by atoms with Gasteiger partial charge in [0.2, 0.25) is 0 Å². The van der Waals surface area contributed by atoms with Crippen LogP contribution in [0.15, 0.2) is 23.1 Å². The zero-order valence-electron chi connectivity index (χ0n) is 6.30. The van der Waals surface area contributed by atoms with Gasteiger partial charge in [-0.3, -0.25) is 0 Å². The van der Waals surface area contributed by atoms with E-state index in [-0.39, 0.29) is 0 Å². The van der Waals surface area contributed by atoms with Crippen LogP contribution >= 0.6 is 23.4 Å². The lowest BCUT2D eigenvalue weighted by atomic mass is 10.1. The van der Waals surface area contributed by atoms with Gasteiger partial charge in [0.1, 0.15) is 0 Å². The maximum absolute atomic E-state index is 5.86. The topological polar surface area (TPSA) is 0 Å². The first-order valence-electron chi connectivity index (χ1n) is 3.71. The molecule has 0 saturated heterocycles. The van der Waals surface area contributed by atoms with Gasteiger partial charge in [-0.15, -0.1) is 11.8 Å². The van der Waals surface area contributed by atoms with E-state index >= 15 is 0 Å². The molecule has 1 aromatic carbocycles. The molecule has 1 aliphatic rings. The summed E-state index contributed by atoms with van der Waals surface area (Å²) in [6.07, 6.45) is 1.17. The van der Waals surface area contributed by atoms with Gasteiger partial charge in [0.25, 0.3) is 0 Å². The van der Waals surface area contributed by atoms with Crippen molar-refractivity contribution in [3.05, 3.63) is 28.8 Å². The minimum atomic E-state index is 0.725. The lowest BCUT2D eigenvalue weighted by Gasteiger charge is -1.95. The second-order valence-electron chi connectivity index (χ2n) is 2.88. The van der Waals surface area contributed by atoms with Crippen molar-refractivity contribution in [2.45, 2.75) is 23.5 Å². The molecule has 0 N–H and O–H groups in total. The van der Waals surface area contributed by atoms with Gasteiger partial charge >= 0.3 is 0 Å². The molecule has 0 nitrogen and oxygen atoms in total. The van der Waals surface area contributed by atoms with Crippen molar-refractivity contribution in [3.63, 3.8) is 0 Å². The first kappa shape index (κ1) is 7.51. The highest BCUT2D eigenvalue weighted by atomic mass is 35.5. The molecule has 0 bridgehead atoms. The van der Waals surface area contributed by atoms with Crippen molar-refractivity contribution >= 4 is 23.4 Å². The predicted octanol–water partition coefficient (Wildman–Crippen LogP) is 3.38. The van der Waals surface area contributed by atoms with Crippen LogP contribution in [0.25, 0.3) is 0 Å². The lowest BCUT2D eigenvalue weighted by molar-refractivity contribution is 0.960. The van der Waals surface area contributed by atoms with E-state index in [2.05, 4.69) is 19.1 Å². The maximum atomic E-state index is 5.86. The Balaban J connectivity index is 2.43. The minimum Gasteiger partial charge on any atom is -0.122 e. The highest BCUT2D eigenvalue weighted by Crippen LogP contribution is 2.37. The third kappa shape index (κ3) is 1.40. The monoisotopic (exact) mass is 184 g/mol. The van der Waals surface area contributed by atoms with Crippen LogP contribution in [-0.2, 0) is 6.42 Å². The smallest absolute Gasteiger partial charge is 0.0409 e. The summed E-state index contributed by atoms with van der Waals surface area (Å²) in [7, 11) is 0. The zero-order valence-corrected chi connectivity index (χ0v) is 7.88. The van der Waals surface area contributed by atoms with Gasteiger partial charge in [-0.2, -0.15) is 0 Å². The van der Waals surface area contributed by atoms with Crippen LogP contribution in [0.3, 0.4) is 0 Å². The number of thioether (sulfide) groups is 1. The van der Waals surface area contributed by atoms with Crippen molar-refractivity contribution in [2.75, 3.05) is 0 Å². The fraction of sp³-hybridized carbons (Fsp3) is 0.333. The second-order valence-corrected chi connectivity index (χ2v) is 4.80. The molecule has 0 aromatic heterocycles. The Bertz CT molecular complexity index is 283. The summed E-state index contributed by atoms with van der Waals surface area (Å²) >= 11 is 7.80. The van der Waals surface area contributed by atoms with Crippen molar-refractivity contribution < 1.29 is 0 Å². The molecule has 1 aromatic rings. The Morgan fingerprint density at radius 1 is 1.55 bits per heavy atom. The maximum Gasteiger partial charge on any atom is 0.0409 e. The van der Waals surface area contributed by atoms with E-state index in [0.717, 1.165) is 10.3 Å². The molecule has 1 unspecified atom stereocenters. The van der Waals surface area contributed by atoms with Crippen LogP contribution < -0.4 is 0 Å². The van der Waals surface area contributed by atoms with Crippen molar-refractivity contribution in [1.82, 2.24) is 0 Å². The van der Waals surface area contributed by atoms with Crippen LogP contribution in [0.2, 0.25) is 5.02 Å². The molecule has 0 amide bonds. The molecule has 0 radical (unpaired) electrons. The number of rotatable bonds is 0. The summed E-state index contributed by atoms with van der Waals surface area (Å²) in [5, 5.41) is 1.59. The first-order chi connectivity index (χ1) is 5.25. The molecule has 1 aliphatic heterocycles. The molecule has 2 heteroatoms. The number of halogens is 1. The number of fused-ring (bicyclic) bond motifs is 1. The summed E-state index contributed by atoms with van der Waals surface area (Å²) in [5.74, 6) is 0. The fourth-order valence-electron chi connectivity index (χ4n) is 1.39. The summed E-state index contributed by atoms with van der Waals surface area (Å²) in [5.41, 5.74) is 1.41. The number of benzene rings is 1. The molecule has 58 valence electrons. The SMILES string of the molecule is CC1Cc2cc(Cl)ccc2S1. The van der Waals surface area contributed by atoms with Crippen LogP contribution in [0, 0.1) is 0 Å². The van der Waals surface area contributed by atoms with Gasteiger partial charge in [0.05, 0.1) is 0 Å². The van der Waals surface area contributed by atoms with E-state index in [9.17, 15) is 0 Å². The van der Waals surface area contributed by atoms with Gasteiger partial charge < -0.3 is 0 Å². The zero-order chi connectivity index (χ0) is 7.84. The van der Waals surface area contributed by atoms with E-state index in [0.29, 0.717) is 0 Å². The van der Waals surface area contributed by atoms with E-state index in [4.69, 9.17) is 11.6 Å². The summed E-state index contributed by atoms with van der Waals surface area (Å²) < 4.78 is 0. The van der Waals surface area contributed by atoms with Gasteiger partial charge in [0, 0.05) is 15.2 Å². The average molecular weight is 185 g/mol. The minimum absolute atomic E-state index is 0.725. The summed E-state index contributed by atoms with van der Waals surface area (Å²) in [6.45, 7) is 2.25. The van der Waals surface area contributed by atoms with Crippen molar-refractivity contribution in [2.24, 2.45) is 0 Å². The average Bonchev–Trinajstić information content (AvgIpc) is 2.27. The Morgan fingerprint density at radius 3 is 3.18 bits per heavy atom. The third-order valence-electron chi connectivity index (χ3n) is 1.86. The van der Waals surface area contributed by atoms with E-state index in [1.165, 1.54) is 16.9 Å². The molecular weight excluding hydrogens is 176 g/mol. The van der Waals surface area contributed by atoms with Crippen LogP contribution in [0.4, 0.5) is 0 Å². The number of hydrogen-bond acceptors (Lipinski definition) is 1. The standard InChI is InChI=1S/C9H9ClS/c1-6-4-7-5-8(10)2-3-9(7)11-6/h2-3,5-6H,4H2,1H3. The van der Waals surface area contributed by atoms with Gasteiger partial charge in [0.15, 0.2) is 0 Å². The van der Waals surface area contributed by atoms with Crippen LogP contribution in [-0.4, -0.2) is 5.25 Å². The largest absolute Gasteiger partial charge is 0.122 e. The molecule has 1 heterocycles. The Hall–Kier alpha value is -0.140. The van der Waals surface area contributed by atoms with Gasteiger partial charge in [-0.05, 0) is 30.2 Å². The Morgan fingerprint density at radius 2 is 2.36 bits per heavy atom. The highest BCUT2D eigenvalue weighted by Gasteiger charge is 2.17. The highest BCUT2D eigenvalue weighted by molar-refractivity contribution is 8.00. The molecule has 0 saturated carbocycles.